The van der Waals surface area contributed by atoms with Gasteiger partial charge in [-0.15, -0.1) is 0 Å². The van der Waals surface area contributed by atoms with Gasteiger partial charge in [-0.3, -0.25) is 9.59 Å². The zero-order chi connectivity index (χ0) is 15.6. The third-order valence-electron chi connectivity index (χ3n) is 3.13. The number of nitrogens with two attached hydrogens (primary N) is 1. The van der Waals surface area contributed by atoms with Crippen molar-refractivity contribution in [2.24, 2.45) is 5.73 Å². The first-order valence-corrected chi connectivity index (χ1v) is 6.29. The van der Waals surface area contributed by atoms with Crippen molar-refractivity contribution in [3.63, 3.8) is 0 Å². The summed E-state index contributed by atoms with van der Waals surface area (Å²) in [7, 11) is 0. The van der Waals surface area contributed by atoms with E-state index in [9.17, 15) is 14.4 Å². The Kier molecular flexibility index (Phi) is 3.93. The van der Waals surface area contributed by atoms with Crippen molar-refractivity contribution in [3.05, 3.63) is 35.5 Å². The number of carboxylic acids is 1. The Hall–Kier alpha value is -2.83. The molecule has 7 nitrogen and oxygen atoms in total. The molecule has 0 unspecified atom stereocenters. The van der Waals surface area contributed by atoms with Crippen LogP contribution in [0.3, 0.4) is 0 Å². The number of primary amides is 1. The normalized spacial score (nSPS) is 12.0. The van der Waals surface area contributed by atoms with Gasteiger partial charge in [-0.2, -0.15) is 0 Å². The minimum atomic E-state index is -1.34. The van der Waals surface area contributed by atoms with E-state index in [0.717, 1.165) is 5.52 Å². The number of aryl methyl sites for hydroxylation is 1. The SMILES string of the molecule is Cc1[nH]c2ccccc2c1C(=O)N[C@H](CC(N)=O)C(=O)O. The molecule has 1 aromatic heterocycles. The summed E-state index contributed by atoms with van der Waals surface area (Å²) < 4.78 is 0. The Labute approximate surface area is 120 Å². The van der Waals surface area contributed by atoms with Crippen molar-refractivity contribution >= 4 is 28.7 Å². The molecule has 0 aliphatic heterocycles. The predicted octanol–water partition coefficient (Wildman–Crippen LogP) is 0.535. The summed E-state index contributed by atoms with van der Waals surface area (Å²) in [5.74, 6) is -2.66. The summed E-state index contributed by atoms with van der Waals surface area (Å²) in [6, 6.07) is 5.84. The van der Waals surface area contributed by atoms with Crippen LogP contribution in [0.4, 0.5) is 0 Å². The second kappa shape index (κ2) is 5.66. The first-order valence-electron chi connectivity index (χ1n) is 6.29. The zero-order valence-electron chi connectivity index (χ0n) is 11.3. The van der Waals surface area contributed by atoms with E-state index < -0.39 is 30.2 Å². The number of para-hydroxylation sites is 1. The molecule has 0 spiro atoms. The maximum atomic E-state index is 12.3. The molecule has 2 rings (SSSR count). The summed E-state index contributed by atoms with van der Waals surface area (Å²) >= 11 is 0. The number of aliphatic carboxylic acids is 1. The van der Waals surface area contributed by atoms with E-state index in [0.29, 0.717) is 16.6 Å². The largest absolute Gasteiger partial charge is 0.480 e. The number of hydrogen-bond donors (Lipinski definition) is 4. The number of fused-ring (bicyclic) bond motifs is 1. The molecular formula is C14H15N3O4. The Morgan fingerprint density at radius 1 is 1.33 bits per heavy atom. The number of nitrogens with one attached hydrogen (secondary N) is 2. The third-order valence-corrected chi connectivity index (χ3v) is 3.13. The standard InChI is InChI=1S/C14H15N3O4/c1-7-12(8-4-2-3-5-9(8)16-7)13(19)17-10(14(20)21)6-11(15)18/h2-5,10,16H,6H2,1H3,(H2,15,18)(H,17,19)(H,20,21)/t10-/m1/s1. The molecule has 21 heavy (non-hydrogen) atoms. The van der Waals surface area contributed by atoms with Gasteiger partial charge < -0.3 is 21.1 Å². The van der Waals surface area contributed by atoms with E-state index in [1.807, 2.05) is 12.1 Å². The zero-order valence-corrected chi connectivity index (χ0v) is 11.3. The number of amides is 2. The van der Waals surface area contributed by atoms with Crippen molar-refractivity contribution in [1.82, 2.24) is 10.3 Å². The van der Waals surface area contributed by atoms with Crippen molar-refractivity contribution in [1.29, 1.82) is 0 Å². The van der Waals surface area contributed by atoms with Crippen molar-refractivity contribution < 1.29 is 19.5 Å². The molecule has 7 heteroatoms. The van der Waals surface area contributed by atoms with Crippen LogP contribution in [0.5, 0.6) is 0 Å². The molecular weight excluding hydrogens is 274 g/mol. The van der Waals surface area contributed by atoms with E-state index >= 15 is 0 Å². The molecule has 0 saturated heterocycles. The highest BCUT2D eigenvalue weighted by atomic mass is 16.4. The highest BCUT2D eigenvalue weighted by molar-refractivity contribution is 6.09. The molecule has 1 atom stereocenters. The molecule has 0 aliphatic carbocycles. The van der Waals surface area contributed by atoms with Crippen molar-refractivity contribution in [3.8, 4) is 0 Å². The first-order chi connectivity index (χ1) is 9.90. The number of benzene rings is 1. The van der Waals surface area contributed by atoms with Gasteiger partial charge in [0.05, 0.1) is 12.0 Å². The molecule has 0 bridgehead atoms. The summed E-state index contributed by atoms with van der Waals surface area (Å²) in [4.78, 5) is 37.3. The number of aromatic nitrogens is 1. The fourth-order valence-electron chi connectivity index (χ4n) is 2.20. The highest BCUT2D eigenvalue weighted by Crippen LogP contribution is 2.21. The summed E-state index contributed by atoms with van der Waals surface area (Å²) in [5.41, 5.74) is 6.75. The lowest BCUT2D eigenvalue weighted by Crippen LogP contribution is -2.43. The minimum Gasteiger partial charge on any atom is -0.480 e. The number of H-pyrrole nitrogens is 1. The monoisotopic (exact) mass is 289 g/mol. The van der Waals surface area contributed by atoms with Gasteiger partial charge in [-0.1, -0.05) is 18.2 Å². The van der Waals surface area contributed by atoms with Crippen LogP contribution >= 0.6 is 0 Å². The Bertz CT molecular complexity index is 720. The van der Waals surface area contributed by atoms with E-state index in [1.165, 1.54) is 0 Å². The maximum absolute atomic E-state index is 12.3. The van der Waals surface area contributed by atoms with Gasteiger partial charge in [0.1, 0.15) is 6.04 Å². The van der Waals surface area contributed by atoms with E-state index in [4.69, 9.17) is 10.8 Å². The van der Waals surface area contributed by atoms with Crippen LogP contribution in [0.15, 0.2) is 24.3 Å². The van der Waals surface area contributed by atoms with Gasteiger partial charge in [0.25, 0.3) is 5.91 Å². The smallest absolute Gasteiger partial charge is 0.326 e. The van der Waals surface area contributed by atoms with Gasteiger partial charge >= 0.3 is 5.97 Å². The fourth-order valence-corrected chi connectivity index (χ4v) is 2.20. The Balaban J connectivity index is 2.31. The lowest BCUT2D eigenvalue weighted by molar-refractivity contribution is -0.140. The van der Waals surface area contributed by atoms with Crippen LogP contribution in [-0.2, 0) is 9.59 Å². The lowest BCUT2D eigenvalue weighted by Gasteiger charge is -2.12. The van der Waals surface area contributed by atoms with E-state index in [1.54, 1.807) is 19.1 Å². The minimum absolute atomic E-state index is 0.362. The predicted molar refractivity (Wildman–Crippen MR) is 75.7 cm³/mol. The Morgan fingerprint density at radius 3 is 2.62 bits per heavy atom. The number of aromatic amines is 1. The number of carbonyl (C=O) groups is 3. The summed E-state index contributed by atoms with van der Waals surface area (Å²) in [6.07, 6.45) is -0.456. The van der Waals surface area contributed by atoms with Crippen LogP contribution in [0, 0.1) is 6.92 Å². The molecule has 0 fully saturated rings. The summed E-state index contributed by atoms with van der Waals surface area (Å²) in [5, 5.41) is 12.0. The van der Waals surface area contributed by atoms with E-state index in [2.05, 4.69) is 10.3 Å². The molecule has 1 heterocycles. The second-order valence-corrected chi connectivity index (χ2v) is 4.71. The quantitative estimate of drug-likeness (QED) is 0.640. The lowest BCUT2D eigenvalue weighted by atomic mass is 10.1. The molecule has 0 saturated carbocycles. The average molecular weight is 289 g/mol. The van der Waals surface area contributed by atoms with Crippen LogP contribution in [-0.4, -0.2) is 33.9 Å². The molecule has 1 aromatic carbocycles. The van der Waals surface area contributed by atoms with Gasteiger partial charge in [0.15, 0.2) is 0 Å². The topological polar surface area (TPSA) is 125 Å². The van der Waals surface area contributed by atoms with Gasteiger partial charge in [0, 0.05) is 16.6 Å². The molecule has 2 amide bonds. The summed E-state index contributed by atoms with van der Waals surface area (Å²) in [6.45, 7) is 1.72. The van der Waals surface area contributed by atoms with Gasteiger partial charge in [0.2, 0.25) is 5.91 Å². The molecule has 2 aromatic rings. The van der Waals surface area contributed by atoms with Crippen LogP contribution in [0.1, 0.15) is 22.5 Å². The number of carboxylic acid groups (broad SMARTS) is 1. The fraction of sp³-hybridized carbons (Fsp3) is 0.214. The second-order valence-electron chi connectivity index (χ2n) is 4.71. The number of hydrogen-bond acceptors (Lipinski definition) is 3. The molecule has 5 N–H and O–H groups in total. The van der Waals surface area contributed by atoms with Crippen molar-refractivity contribution in [2.75, 3.05) is 0 Å². The third kappa shape index (κ3) is 3.02. The highest BCUT2D eigenvalue weighted by Gasteiger charge is 2.25. The molecule has 110 valence electrons. The van der Waals surface area contributed by atoms with Crippen molar-refractivity contribution in [2.45, 2.75) is 19.4 Å². The molecule has 0 radical (unpaired) electrons. The van der Waals surface area contributed by atoms with E-state index in [-0.39, 0.29) is 0 Å². The maximum Gasteiger partial charge on any atom is 0.326 e. The average Bonchev–Trinajstić information content (AvgIpc) is 2.73. The number of carbonyl (C=O) groups excluding carboxylic acids is 2. The Morgan fingerprint density at radius 2 is 2.00 bits per heavy atom. The van der Waals surface area contributed by atoms with Gasteiger partial charge in [-0.25, -0.2) is 4.79 Å². The number of rotatable bonds is 5. The first kappa shape index (κ1) is 14.6. The van der Waals surface area contributed by atoms with Crippen LogP contribution in [0.2, 0.25) is 0 Å². The van der Waals surface area contributed by atoms with Gasteiger partial charge in [-0.05, 0) is 13.0 Å². The van der Waals surface area contributed by atoms with Crippen LogP contribution < -0.4 is 11.1 Å². The van der Waals surface area contributed by atoms with Crippen LogP contribution in [0.25, 0.3) is 10.9 Å². The molecule has 0 aliphatic rings.